The van der Waals surface area contributed by atoms with Crippen LogP contribution >= 0.6 is 23.2 Å². The van der Waals surface area contributed by atoms with Crippen LogP contribution in [0.25, 0.3) is 0 Å². The van der Waals surface area contributed by atoms with Crippen LogP contribution in [0.3, 0.4) is 0 Å². The number of pyridine rings is 1. The molecular weight excluding hydrogens is 269 g/mol. The van der Waals surface area contributed by atoms with Crippen molar-refractivity contribution in [3.8, 4) is 0 Å². The summed E-state index contributed by atoms with van der Waals surface area (Å²) in [5.74, 6) is -0.543. The Morgan fingerprint density at radius 3 is 2.59 bits per heavy atom. The van der Waals surface area contributed by atoms with E-state index in [4.69, 9.17) is 28.3 Å². The van der Waals surface area contributed by atoms with Gasteiger partial charge in [0.05, 0.1) is 5.69 Å². The average molecular weight is 278 g/mol. The lowest BCUT2D eigenvalue weighted by atomic mass is 10.3. The molecule has 0 saturated heterocycles. The molecule has 0 spiro atoms. The first-order valence-corrected chi connectivity index (χ1v) is 5.28. The number of aromatic nitrogens is 1. The van der Waals surface area contributed by atoms with E-state index in [1.165, 1.54) is 19.1 Å². The highest BCUT2D eigenvalue weighted by atomic mass is 35.5. The highest BCUT2D eigenvalue weighted by Crippen LogP contribution is 2.21. The SMILES string of the molecule is C[C@@H](NC(=O)O)C(=O)Nc1ccc(Cl)nc1Cl. The third kappa shape index (κ3) is 4.08. The van der Waals surface area contributed by atoms with E-state index < -0.39 is 18.0 Å². The summed E-state index contributed by atoms with van der Waals surface area (Å²) in [5, 5.41) is 13.1. The number of nitrogens with one attached hydrogen (secondary N) is 2. The summed E-state index contributed by atoms with van der Waals surface area (Å²) in [5.41, 5.74) is 0.264. The fraction of sp³-hybridized carbons (Fsp3) is 0.222. The van der Waals surface area contributed by atoms with Gasteiger partial charge in [-0.3, -0.25) is 4.79 Å². The van der Waals surface area contributed by atoms with E-state index in [2.05, 4.69) is 10.3 Å². The topological polar surface area (TPSA) is 91.3 Å². The minimum absolute atomic E-state index is 0.0355. The van der Waals surface area contributed by atoms with Gasteiger partial charge in [0.1, 0.15) is 11.2 Å². The van der Waals surface area contributed by atoms with Crippen molar-refractivity contribution in [2.45, 2.75) is 13.0 Å². The maximum atomic E-state index is 11.5. The first-order chi connectivity index (χ1) is 7.90. The predicted octanol–water partition coefficient (Wildman–Crippen LogP) is 1.98. The molecular formula is C9H9Cl2N3O3. The quantitative estimate of drug-likeness (QED) is 0.737. The Hall–Kier alpha value is -1.53. The van der Waals surface area contributed by atoms with E-state index in [0.29, 0.717) is 0 Å². The van der Waals surface area contributed by atoms with Gasteiger partial charge in [-0.1, -0.05) is 23.2 Å². The number of carbonyl (C=O) groups excluding carboxylic acids is 1. The fourth-order valence-corrected chi connectivity index (χ4v) is 1.39. The first-order valence-electron chi connectivity index (χ1n) is 4.52. The van der Waals surface area contributed by atoms with Crippen molar-refractivity contribution >= 4 is 40.9 Å². The second-order valence-corrected chi connectivity index (χ2v) is 3.88. The zero-order chi connectivity index (χ0) is 13.0. The van der Waals surface area contributed by atoms with Crippen LogP contribution in [0.5, 0.6) is 0 Å². The minimum atomic E-state index is -1.28. The number of hydrogen-bond acceptors (Lipinski definition) is 3. The van der Waals surface area contributed by atoms with Crippen LogP contribution in [0, 0.1) is 0 Å². The summed E-state index contributed by atoms with van der Waals surface area (Å²) in [4.78, 5) is 25.6. The number of anilines is 1. The molecule has 3 N–H and O–H groups in total. The van der Waals surface area contributed by atoms with Crippen molar-refractivity contribution in [3.05, 3.63) is 22.4 Å². The molecule has 17 heavy (non-hydrogen) atoms. The molecule has 0 saturated carbocycles. The number of carboxylic acid groups (broad SMARTS) is 1. The van der Waals surface area contributed by atoms with E-state index >= 15 is 0 Å². The zero-order valence-corrected chi connectivity index (χ0v) is 10.2. The van der Waals surface area contributed by atoms with Crippen molar-refractivity contribution in [1.29, 1.82) is 0 Å². The number of nitrogens with zero attached hydrogens (tertiary/aromatic N) is 1. The van der Waals surface area contributed by atoms with E-state index in [1.54, 1.807) is 0 Å². The number of carbonyl (C=O) groups is 2. The van der Waals surface area contributed by atoms with Crippen molar-refractivity contribution in [1.82, 2.24) is 10.3 Å². The lowest BCUT2D eigenvalue weighted by Gasteiger charge is -2.12. The summed E-state index contributed by atoms with van der Waals surface area (Å²) in [6, 6.07) is 2.03. The molecule has 6 nitrogen and oxygen atoms in total. The third-order valence-corrected chi connectivity index (χ3v) is 2.30. The summed E-state index contributed by atoms with van der Waals surface area (Å²) in [7, 11) is 0. The normalized spacial score (nSPS) is 11.7. The van der Waals surface area contributed by atoms with Gasteiger partial charge in [-0.15, -0.1) is 0 Å². The Morgan fingerprint density at radius 1 is 1.41 bits per heavy atom. The molecule has 8 heteroatoms. The second-order valence-electron chi connectivity index (χ2n) is 3.13. The predicted molar refractivity (Wildman–Crippen MR) is 63.5 cm³/mol. The summed E-state index contributed by atoms with van der Waals surface area (Å²) >= 11 is 11.3. The van der Waals surface area contributed by atoms with Crippen molar-refractivity contribution in [3.63, 3.8) is 0 Å². The van der Waals surface area contributed by atoms with Crippen LogP contribution in [0.4, 0.5) is 10.5 Å². The summed E-state index contributed by atoms with van der Waals surface area (Å²) < 4.78 is 0. The highest BCUT2D eigenvalue weighted by Gasteiger charge is 2.16. The maximum absolute atomic E-state index is 11.5. The maximum Gasteiger partial charge on any atom is 0.405 e. The molecule has 92 valence electrons. The van der Waals surface area contributed by atoms with Gasteiger partial charge in [-0.05, 0) is 19.1 Å². The van der Waals surface area contributed by atoms with Gasteiger partial charge in [0.2, 0.25) is 5.91 Å². The molecule has 0 aromatic carbocycles. The van der Waals surface area contributed by atoms with Crippen LogP contribution in [-0.4, -0.2) is 28.1 Å². The number of rotatable bonds is 3. The van der Waals surface area contributed by atoms with Crippen LogP contribution in [-0.2, 0) is 4.79 Å². The molecule has 1 atom stereocenters. The van der Waals surface area contributed by atoms with E-state index in [1.807, 2.05) is 5.32 Å². The Labute approximate surface area is 107 Å². The third-order valence-electron chi connectivity index (χ3n) is 1.81. The monoisotopic (exact) mass is 277 g/mol. The molecule has 0 bridgehead atoms. The molecule has 0 aliphatic heterocycles. The van der Waals surface area contributed by atoms with Gasteiger partial charge in [-0.2, -0.15) is 0 Å². The van der Waals surface area contributed by atoms with E-state index in [0.717, 1.165) is 0 Å². The van der Waals surface area contributed by atoms with Crippen molar-refractivity contribution < 1.29 is 14.7 Å². The average Bonchev–Trinajstić information content (AvgIpc) is 2.21. The Kier molecular flexibility index (Phi) is 4.53. The van der Waals surface area contributed by atoms with Crippen LogP contribution in [0.2, 0.25) is 10.3 Å². The van der Waals surface area contributed by atoms with Gasteiger partial charge < -0.3 is 15.7 Å². The Bertz CT molecular complexity index is 453. The molecule has 0 radical (unpaired) electrons. The molecule has 0 aliphatic carbocycles. The van der Waals surface area contributed by atoms with E-state index in [9.17, 15) is 9.59 Å². The number of halogens is 2. The molecule has 1 aromatic heterocycles. The molecule has 1 heterocycles. The van der Waals surface area contributed by atoms with Gasteiger partial charge >= 0.3 is 6.09 Å². The largest absolute Gasteiger partial charge is 0.465 e. The fourth-order valence-electron chi connectivity index (χ4n) is 0.997. The standard InChI is InChI=1S/C9H9Cl2N3O3/c1-4(12-9(16)17)8(15)13-5-2-3-6(10)14-7(5)11/h2-4,12H,1H3,(H,13,15)(H,16,17)/t4-/m1/s1. The van der Waals surface area contributed by atoms with Gasteiger partial charge in [0.15, 0.2) is 5.15 Å². The number of amides is 2. The van der Waals surface area contributed by atoms with E-state index in [-0.39, 0.29) is 16.0 Å². The van der Waals surface area contributed by atoms with Crippen molar-refractivity contribution in [2.24, 2.45) is 0 Å². The van der Waals surface area contributed by atoms with Gasteiger partial charge in [0, 0.05) is 0 Å². The molecule has 0 aliphatic rings. The van der Waals surface area contributed by atoms with Gasteiger partial charge in [0.25, 0.3) is 0 Å². The molecule has 1 rings (SSSR count). The minimum Gasteiger partial charge on any atom is -0.465 e. The molecule has 1 aromatic rings. The summed E-state index contributed by atoms with van der Waals surface area (Å²) in [6.45, 7) is 1.40. The molecule has 0 unspecified atom stereocenters. The number of hydrogen-bond donors (Lipinski definition) is 3. The van der Waals surface area contributed by atoms with Crippen molar-refractivity contribution in [2.75, 3.05) is 5.32 Å². The first kappa shape index (κ1) is 13.5. The molecule has 2 amide bonds. The summed E-state index contributed by atoms with van der Waals surface area (Å²) in [6.07, 6.45) is -1.28. The van der Waals surface area contributed by atoms with Crippen LogP contribution < -0.4 is 10.6 Å². The van der Waals surface area contributed by atoms with Crippen LogP contribution in [0.1, 0.15) is 6.92 Å². The smallest absolute Gasteiger partial charge is 0.405 e. The zero-order valence-electron chi connectivity index (χ0n) is 8.70. The lowest BCUT2D eigenvalue weighted by Crippen LogP contribution is -2.40. The highest BCUT2D eigenvalue weighted by molar-refractivity contribution is 6.34. The molecule has 0 fully saturated rings. The van der Waals surface area contributed by atoms with Gasteiger partial charge in [-0.25, -0.2) is 9.78 Å². The lowest BCUT2D eigenvalue weighted by molar-refractivity contribution is -0.117. The van der Waals surface area contributed by atoms with Crippen LogP contribution in [0.15, 0.2) is 12.1 Å². The Balaban J connectivity index is 2.71. The Morgan fingerprint density at radius 2 is 2.06 bits per heavy atom. The second kappa shape index (κ2) is 5.70.